The van der Waals surface area contributed by atoms with E-state index in [4.69, 9.17) is 61.9 Å². The van der Waals surface area contributed by atoms with Crippen molar-refractivity contribution in [1.29, 1.82) is 0 Å². The smallest absolute Gasteiger partial charge is 0.119 e. The third kappa shape index (κ3) is 31.8. The Kier molecular flexibility index (Phi) is 30.9. The predicted molar refractivity (Wildman–Crippen MR) is 195 cm³/mol. The summed E-state index contributed by atoms with van der Waals surface area (Å²) in [6.45, 7) is 22.9. The summed E-state index contributed by atoms with van der Waals surface area (Å²) in [7, 11) is 0. The van der Waals surface area contributed by atoms with Crippen LogP contribution in [0.5, 0.6) is 5.75 Å². The van der Waals surface area contributed by atoms with Gasteiger partial charge in [0, 0.05) is 0 Å². The molecule has 1 N–H and O–H groups in total. The summed E-state index contributed by atoms with van der Waals surface area (Å²) in [5, 5.41) is 8.59. The lowest BCUT2D eigenvalue weighted by Gasteiger charge is -2.33. The van der Waals surface area contributed by atoms with Crippen molar-refractivity contribution in [3.63, 3.8) is 0 Å². The number of aliphatic hydroxyl groups excluding tert-OH is 1. The quantitative estimate of drug-likeness (QED) is 0.0986. The fourth-order valence-electron chi connectivity index (χ4n) is 5.01. The molecule has 0 aliphatic rings. The molecule has 51 heavy (non-hydrogen) atoms. The zero-order valence-electron chi connectivity index (χ0n) is 32.3. The Labute approximate surface area is 307 Å². The van der Waals surface area contributed by atoms with Gasteiger partial charge in [0.15, 0.2) is 0 Å². The number of rotatable bonds is 38. The second kappa shape index (κ2) is 33.1. The standard InChI is InChI=1S/C38H70O13/c1-37(2,3)34-38(4,5)35-6-8-36(9-7-35)51-33-32-50-31-30-49-29-28-48-27-26-47-25-24-46-23-22-45-21-20-44-19-18-43-17-16-42-15-14-41-13-12-40-11-10-39/h6-9,39H,10-34H2,1-5H3. The molecule has 0 aromatic heterocycles. The molecular formula is C38H70O13. The van der Waals surface area contributed by atoms with Crippen molar-refractivity contribution in [1.82, 2.24) is 0 Å². The molecule has 13 heteroatoms. The van der Waals surface area contributed by atoms with Crippen molar-refractivity contribution in [2.24, 2.45) is 5.41 Å². The minimum absolute atomic E-state index is 0.0246. The SMILES string of the molecule is CC(C)(C)CC(C)(C)c1ccc(OCCOCCOCCOCCOCCOCCOCCOCCOCCOCCOCCOCCO)cc1. The first-order valence-electron chi connectivity index (χ1n) is 18.4. The van der Waals surface area contributed by atoms with Gasteiger partial charge in [-0.1, -0.05) is 46.8 Å². The van der Waals surface area contributed by atoms with Crippen molar-refractivity contribution in [2.75, 3.05) is 159 Å². The summed E-state index contributed by atoms with van der Waals surface area (Å²) in [6, 6.07) is 8.42. The van der Waals surface area contributed by atoms with E-state index in [1.165, 1.54) is 5.56 Å². The maximum atomic E-state index is 8.59. The molecule has 0 radical (unpaired) electrons. The fraction of sp³-hybridized carbons (Fsp3) is 0.842. The first kappa shape index (κ1) is 47.6. The van der Waals surface area contributed by atoms with Crippen molar-refractivity contribution < 1.29 is 61.9 Å². The molecule has 0 saturated heterocycles. The second-order valence-corrected chi connectivity index (χ2v) is 13.5. The lowest BCUT2D eigenvalue weighted by molar-refractivity contribution is -0.0280. The summed E-state index contributed by atoms with van der Waals surface area (Å²) in [5.41, 5.74) is 1.73. The van der Waals surface area contributed by atoms with Crippen LogP contribution in [0.15, 0.2) is 24.3 Å². The lowest BCUT2D eigenvalue weighted by atomic mass is 9.72. The first-order valence-corrected chi connectivity index (χ1v) is 18.4. The molecule has 0 fully saturated rings. The molecule has 1 rings (SSSR count). The van der Waals surface area contributed by atoms with Crippen LogP contribution in [0.1, 0.15) is 46.6 Å². The highest BCUT2D eigenvalue weighted by molar-refractivity contribution is 5.31. The number of aliphatic hydroxyl groups is 1. The van der Waals surface area contributed by atoms with Gasteiger partial charge in [-0.25, -0.2) is 0 Å². The fourth-order valence-corrected chi connectivity index (χ4v) is 5.01. The third-order valence-corrected chi connectivity index (χ3v) is 7.06. The molecule has 0 aliphatic heterocycles. The molecule has 300 valence electrons. The van der Waals surface area contributed by atoms with Crippen LogP contribution in [0, 0.1) is 5.41 Å². The Morgan fingerprint density at radius 1 is 0.373 bits per heavy atom. The highest BCUT2D eigenvalue weighted by Crippen LogP contribution is 2.36. The van der Waals surface area contributed by atoms with Gasteiger partial charge in [-0.15, -0.1) is 0 Å². The van der Waals surface area contributed by atoms with Crippen LogP contribution in [0.25, 0.3) is 0 Å². The van der Waals surface area contributed by atoms with Crippen LogP contribution < -0.4 is 4.74 Å². The maximum absolute atomic E-state index is 8.59. The van der Waals surface area contributed by atoms with Gasteiger partial charge in [-0.05, 0) is 34.9 Å². The Morgan fingerprint density at radius 2 is 0.627 bits per heavy atom. The molecule has 1 aromatic carbocycles. The van der Waals surface area contributed by atoms with Crippen LogP contribution in [0.4, 0.5) is 0 Å². The van der Waals surface area contributed by atoms with E-state index in [0.717, 1.165) is 12.2 Å². The first-order chi connectivity index (χ1) is 24.7. The zero-order chi connectivity index (χ0) is 37.1. The van der Waals surface area contributed by atoms with Crippen molar-refractivity contribution in [3.05, 3.63) is 29.8 Å². The van der Waals surface area contributed by atoms with E-state index in [1.54, 1.807) is 0 Å². The highest BCUT2D eigenvalue weighted by Gasteiger charge is 2.27. The summed E-state index contributed by atoms with van der Waals surface area (Å²) in [6.07, 6.45) is 1.12. The monoisotopic (exact) mass is 734 g/mol. The molecular weight excluding hydrogens is 664 g/mol. The molecule has 13 nitrogen and oxygen atoms in total. The number of ether oxygens (including phenoxy) is 12. The zero-order valence-corrected chi connectivity index (χ0v) is 32.3. The van der Waals surface area contributed by atoms with Crippen molar-refractivity contribution in [2.45, 2.75) is 46.5 Å². The van der Waals surface area contributed by atoms with Crippen LogP contribution in [-0.2, 0) is 57.5 Å². The maximum Gasteiger partial charge on any atom is 0.119 e. The summed E-state index contributed by atoms with van der Waals surface area (Å²) in [4.78, 5) is 0. The van der Waals surface area contributed by atoms with E-state index in [9.17, 15) is 0 Å². The Bertz CT molecular complexity index is 864. The third-order valence-electron chi connectivity index (χ3n) is 7.06. The largest absolute Gasteiger partial charge is 0.491 e. The summed E-state index contributed by atoms with van der Waals surface area (Å²) < 4.78 is 65.7. The average molecular weight is 735 g/mol. The van der Waals surface area contributed by atoms with E-state index < -0.39 is 0 Å². The topological polar surface area (TPSA) is 131 Å². The highest BCUT2D eigenvalue weighted by atomic mass is 16.6. The van der Waals surface area contributed by atoms with Gasteiger partial charge in [-0.3, -0.25) is 0 Å². The van der Waals surface area contributed by atoms with Gasteiger partial charge in [-0.2, -0.15) is 0 Å². The van der Waals surface area contributed by atoms with E-state index >= 15 is 0 Å². The van der Waals surface area contributed by atoms with Gasteiger partial charge < -0.3 is 61.9 Å². The molecule has 0 aliphatic carbocycles. The number of benzene rings is 1. The normalized spacial score (nSPS) is 12.2. The molecule has 0 bridgehead atoms. The van der Waals surface area contributed by atoms with E-state index in [1.807, 2.05) is 12.1 Å². The van der Waals surface area contributed by atoms with Crippen LogP contribution in [0.3, 0.4) is 0 Å². The van der Waals surface area contributed by atoms with Crippen molar-refractivity contribution in [3.8, 4) is 5.75 Å². The van der Waals surface area contributed by atoms with Crippen LogP contribution >= 0.6 is 0 Å². The van der Waals surface area contributed by atoms with E-state index in [-0.39, 0.29) is 17.4 Å². The Balaban J connectivity index is 1.72. The van der Waals surface area contributed by atoms with Crippen LogP contribution in [0.2, 0.25) is 0 Å². The van der Waals surface area contributed by atoms with Crippen molar-refractivity contribution >= 4 is 0 Å². The minimum atomic E-state index is 0.0246. The van der Waals surface area contributed by atoms with Gasteiger partial charge >= 0.3 is 0 Å². The number of hydrogen-bond donors (Lipinski definition) is 1. The average Bonchev–Trinajstić information content (AvgIpc) is 3.09. The molecule has 0 heterocycles. The molecule has 0 saturated carbocycles. The van der Waals surface area contributed by atoms with Gasteiger partial charge in [0.1, 0.15) is 12.4 Å². The molecule has 0 amide bonds. The predicted octanol–water partition coefficient (Wildman–Crippen LogP) is 3.95. The molecule has 0 spiro atoms. The minimum Gasteiger partial charge on any atom is -0.491 e. The molecule has 1 aromatic rings. The van der Waals surface area contributed by atoms with E-state index in [0.29, 0.717) is 152 Å². The summed E-state index contributed by atoms with van der Waals surface area (Å²) >= 11 is 0. The molecule has 0 unspecified atom stereocenters. The lowest BCUT2D eigenvalue weighted by Crippen LogP contribution is -2.24. The number of hydrogen-bond acceptors (Lipinski definition) is 13. The Morgan fingerprint density at radius 3 is 0.882 bits per heavy atom. The van der Waals surface area contributed by atoms with Gasteiger partial charge in [0.25, 0.3) is 0 Å². The summed E-state index contributed by atoms with van der Waals surface area (Å²) in [5.74, 6) is 0.859. The van der Waals surface area contributed by atoms with Crippen LogP contribution in [-0.4, -0.2) is 164 Å². The van der Waals surface area contributed by atoms with Gasteiger partial charge in [0.05, 0.1) is 152 Å². The second-order valence-electron chi connectivity index (χ2n) is 13.5. The van der Waals surface area contributed by atoms with Gasteiger partial charge in [0.2, 0.25) is 0 Å². The Hall–Kier alpha value is -1.46. The molecule has 0 atom stereocenters. The van der Waals surface area contributed by atoms with E-state index in [2.05, 4.69) is 46.8 Å².